The van der Waals surface area contributed by atoms with Crippen LogP contribution in [0.15, 0.2) is 41.5 Å². The van der Waals surface area contributed by atoms with E-state index < -0.39 is 11.9 Å². The summed E-state index contributed by atoms with van der Waals surface area (Å²) < 4.78 is 40.5. The predicted molar refractivity (Wildman–Crippen MR) is 111 cm³/mol. The van der Waals surface area contributed by atoms with Crippen LogP contribution in [0.1, 0.15) is 42.6 Å². The van der Waals surface area contributed by atoms with Gasteiger partial charge in [-0.1, -0.05) is 30.3 Å². The molecule has 0 radical (unpaired) electrons. The molecule has 1 unspecified atom stereocenters. The Hall–Kier alpha value is -2.55. The van der Waals surface area contributed by atoms with Crippen LogP contribution in [0.4, 0.5) is 13.2 Å². The fourth-order valence-corrected chi connectivity index (χ4v) is 3.85. The number of aryl methyl sites for hydroxylation is 1. The molecule has 0 saturated carbocycles. The summed E-state index contributed by atoms with van der Waals surface area (Å²) in [6, 6.07) is 11.0. The molecule has 1 aliphatic rings. The SMILES string of the molecule is CN=C(NCc1cn(C)nc1C(F)(F)F)NC1CCN(C(C)c2ccccc2)CC1. The smallest absolute Gasteiger partial charge is 0.354 e. The average molecular weight is 422 g/mol. The van der Waals surface area contributed by atoms with Crippen LogP contribution >= 0.6 is 0 Å². The lowest BCUT2D eigenvalue weighted by molar-refractivity contribution is -0.142. The van der Waals surface area contributed by atoms with Gasteiger partial charge in [-0.15, -0.1) is 0 Å². The first-order valence-corrected chi connectivity index (χ1v) is 10.1. The molecule has 2 aromatic rings. The van der Waals surface area contributed by atoms with Crippen molar-refractivity contribution in [2.45, 2.75) is 44.6 Å². The van der Waals surface area contributed by atoms with E-state index in [1.54, 1.807) is 7.05 Å². The molecular formula is C21H29F3N6. The highest BCUT2D eigenvalue weighted by molar-refractivity contribution is 5.80. The summed E-state index contributed by atoms with van der Waals surface area (Å²) in [7, 11) is 3.10. The highest BCUT2D eigenvalue weighted by atomic mass is 19.4. The van der Waals surface area contributed by atoms with Gasteiger partial charge in [-0.05, 0) is 25.3 Å². The molecule has 164 valence electrons. The van der Waals surface area contributed by atoms with E-state index in [-0.39, 0.29) is 18.2 Å². The van der Waals surface area contributed by atoms with Gasteiger partial charge in [-0.2, -0.15) is 18.3 Å². The van der Waals surface area contributed by atoms with Crippen LogP contribution in [0.5, 0.6) is 0 Å². The quantitative estimate of drug-likeness (QED) is 0.573. The number of halogens is 3. The number of alkyl halides is 3. The Morgan fingerprint density at radius 3 is 2.50 bits per heavy atom. The second-order valence-electron chi connectivity index (χ2n) is 7.64. The molecule has 0 spiro atoms. The van der Waals surface area contributed by atoms with E-state index in [4.69, 9.17) is 0 Å². The zero-order valence-corrected chi connectivity index (χ0v) is 17.6. The molecule has 1 aromatic carbocycles. The third kappa shape index (κ3) is 5.53. The van der Waals surface area contributed by atoms with Crippen molar-refractivity contribution < 1.29 is 13.2 Å². The second-order valence-corrected chi connectivity index (χ2v) is 7.64. The van der Waals surface area contributed by atoms with Gasteiger partial charge in [0.25, 0.3) is 0 Å². The molecule has 1 aliphatic heterocycles. The van der Waals surface area contributed by atoms with Gasteiger partial charge in [-0.25, -0.2) is 0 Å². The zero-order chi connectivity index (χ0) is 21.7. The Balaban J connectivity index is 1.51. The Morgan fingerprint density at radius 1 is 1.23 bits per heavy atom. The summed E-state index contributed by atoms with van der Waals surface area (Å²) in [4.78, 5) is 6.62. The molecule has 1 aromatic heterocycles. The molecule has 1 atom stereocenters. The molecule has 1 fully saturated rings. The van der Waals surface area contributed by atoms with Gasteiger partial charge in [0.05, 0.1) is 0 Å². The fourth-order valence-electron chi connectivity index (χ4n) is 3.85. The summed E-state index contributed by atoms with van der Waals surface area (Å²) in [6.45, 7) is 4.12. The van der Waals surface area contributed by atoms with E-state index >= 15 is 0 Å². The van der Waals surface area contributed by atoms with E-state index in [9.17, 15) is 13.2 Å². The maximum Gasteiger partial charge on any atom is 0.435 e. The molecule has 0 aliphatic carbocycles. The lowest BCUT2D eigenvalue weighted by Gasteiger charge is -2.37. The standard InChI is InChI=1S/C21H29F3N6/c1-15(16-7-5-4-6-8-16)30-11-9-18(10-12-30)27-20(25-2)26-13-17-14-29(3)28-19(17)21(22,23)24/h4-8,14-15,18H,9-13H2,1-3H3,(H2,25,26,27). The van der Waals surface area contributed by atoms with Gasteiger partial charge >= 0.3 is 6.18 Å². The molecule has 6 nitrogen and oxygen atoms in total. The summed E-state index contributed by atoms with van der Waals surface area (Å²) in [6.07, 6.45) is -1.21. The van der Waals surface area contributed by atoms with Crippen molar-refractivity contribution in [3.05, 3.63) is 53.3 Å². The number of hydrogen-bond acceptors (Lipinski definition) is 3. The first-order valence-electron chi connectivity index (χ1n) is 10.1. The van der Waals surface area contributed by atoms with Crippen LogP contribution < -0.4 is 10.6 Å². The number of guanidine groups is 1. The van der Waals surface area contributed by atoms with Crippen LogP contribution in [-0.4, -0.2) is 46.8 Å². The van der Waals surface area contributed by atoms with E-state index in [2.05, 4.69) is 56.8 Å². The highest BCUT2D eigenvalue weighted by Gasteiger charge is 2.36. The van der Waals surface area contributed by atoms with Crippen molar-refractivity contribution in [2.75, 3.05) is 20.1 Å². The topological polar surface area (TPSA) is 57.5 Å². The van der Waals surface area contributed by atoms with Crippen LogP contribution in [-0.2, 0) is 19.8 Å². The van der Waals surface area contributed by atoms with E-state index in [0.29, 0.717) is 12.0 Å². The Bertz CT molecular complexity index is 838. The number of piperidine rings is 1. The molecule has 2 N–H and O–H groups in total. The second kappa shape index (κ2) is 9.51. The Labute approximate surface area is 175 Å². The van der Waals surface area contributed by atoms with Crippen molar-refractivity contribution in [1.29, 1.82) is 0 Å². The van der Waals surface area contributed by atoms with Gasteiger partial charge in [0.2, 0.25) is 0 Å². The summed E-state index contributed by atoms with van der Waals surface area (Å²) in [5.41, 5.74) is 0.536. The minimum atomic E-state index is -4.47. The number of rotatable bonds is 5. The van der Waals surface area contributed by atoms with Crippen molar-refractivity contribution in [1.82, 2.24) is 25.3 Å². The maximum atomic E-state index is 13.1. The van der Waals surface area contributed by atoms with E-state index in [0.717, 1.165) is 25.9 Å². The normalized spacial score (nSPS) is 17.7. The van der Waals surface area contributed by atoms with Crippen LogP contribution in [0.2, 0.25) is 0 Å². The zero-order valence-electron chi connectivity index (χ0n) is 17.6. The number of benzene rings is 1. The van der Waals surface area contributed by atoms with E-state index in [1.165, 1.54) is 23.5 Å². The lowest BCUT2D eigenvalue weighted by Crippen LogP contribution is -2.48. The number of hydrogen-bond donors (Lipinski definition) is 2. The molecular weight excluding hydrogens is 393 g/mol. The summed E-state index contributed by atoms with van der Waals surface area (Å²) in [5.74, 6) is 0.501. The third-order valence-electron chi connectivity index (χ3n) is 5.54. The number of nitrogens with zero attached hydrogens (tertiary/aromatic N) is 4. The summed E-state index contributed by atoms with van der Waals surface area (Å²) in [5, 5.41) is 9.87. The van der Waals surface area contributed by atoms with Crippen molar-refractivity contribution in [2.24, 2.45) is 12.0 Å². The maximum absolute atomic E-state index is 13.1. The van der Waals surface area contributed by atoms with Crippen molar-refractivity contribution >= 4 is 5.96 Å². The largest absolute Gasteiger partial charge is 0.435 e. The number of aliphatic imine (C=N–C) groups is 1. The number of nitrogens with one attached hydrogen (secondary N) is 2. The van der Waals surface area contributed by atoms with Gasteiger partial charge in [0.1, 0.15) is 0 Å². The minimum Gasteiger partial charge on any atom is -0.354 e. The highest BCUT2D eigenvalue weighted by Crippen LogP contribution is 2.30. The minimum absolute atomic E-state index is 0.00619. The summed E-state index contributed by atoms with van der Waals surface area (Å²) >= 11 is 0. The Morgan fingerprint density at radius 2 is 1.90 bits per heavy atom. The Kier molecular flexibility index (Phi) is 7.02. The molecule has 1 saturated heterocycles. The average Bonchev–Trinajstić information content (AvgIpc) is 3.13. The van der Waals surface area contributed by atoms with Crippen LogP contribution in [0.3, 0.4) is 0 Å². The molecule has 0 amide bonds. The monoisotopic (exact) mass is 422 g/mol. The molecule has 3 rings (SSSR count). The van der Waals surface area contributed by atoms with Crippen LogP contribution in [0, 0.1) is 0 Å². The molecule has 30 heavy (non-hydrogen) atoms. The first-order chi connectivity index (χ1) is 14.3. The third-order valence-corrected chi connectivity index (χ3v) is 5.54. The predicted octanol–water partition coefficient (Wildman–Crippen LogP) is 3.33. The van der Waals surface area contributed by atoms with Gasteiger partial charge < -0.3 is 10.6 Å². The first kappa shape index (κ1) is 22.1. The number of aromatic nitrogens is 2. The lowest BCUT2D eigenvalue weighted by atomic mass is 10.0. The van der Waals surface area contributed by atoms with Crippen molar-refractivity contribution in [3.8, 4) is 0 Å². The van der Waals surface area contributed by atoms with Gasteiger partial charge in [0, 0.05) is 57.6 Å². The van der Waals surface area contributed by atoms with Gasteiger partial charge in [-0.3, -0.25) is 14.6 Å². The molecule has 2 heterocycles. The molecule has 9 heteroatoms. The molecule has 0 bridgehead atoms. The van der Waals surface area contributed by atoms with E-state index in [1.807, 2.05) is 6.07 Å². The fraction of sp³-hybridized carbons (Fsp3) is 0.524. The van der Waals surface area contributed by atoms with Crippen LogP contribution in [0.25, 0.3) is 0 Å². The van der Waals surface area contributed by atoms with Crippen molar-refractivity contribution in [3.63, 3.8) is 0 Å². The van der Waals surface area contributed by atoms with Gasteiger partial charge in [0.15, 0.2) is 11.7 Å². The number of likely N-dealkylation sites (tertiary alicyclic amines) is 1.